The second kappa shape index (κ2) is 57.0. The predicted molar refractivity (Wildman–Crippen MR) is 435 cm³/mol. The molecule has 0 spiro atoms. The monoisotopic (exact) mass is 1670 g/mol. The van der Waals surface area contributed by atoms with Gasteiger partial charge in [0.1, 0.15) is 31.4 Å². The van der Waals surface area contributed by atoms with Crippen LogP contribution in [0.1, 0.15) is 140 Å². The molecule has 4 atom stereocenters. The van der Waals surface area contributed by atoms with Crippen molar-refractivity contribution in [1.29, 1.82) is 0 Å². The van der Waals surface area contributed by atoms with E-state index in [1.807, 2.05) is 42.5 Å². The number of hydrogen-bond acceptors (Lipinski definition) is 25. The minimum absolute atomic E-state index is 0.00619. The van der Waals surface area contributed by atoms with Gasteiger partial charge in [-0.3, -0.25) is 53.5 Å². The van der Waals surface area contributed by atoms with Gasteiger partial charge in [0.2, 0.25) is 47.3 Å². The van der Waals surface area contributed by atoms with Crippen molar-refractivity contribution in [3.8, 4) is 0 Å². The minimum atomic E-state index is -4.17. The Morgan fingerprint density at radius 1 is 0.607 bits per heavy atom. The number of hydrogen-bond donors (Lipinski definition) is 12. The van der Waals surface area contributed by atoms with Gasteiger partial charge >= 0.3 is 12.0 Å². The fraction of sp³-hybridized carbons (Fsp3) is 0.600. The van der Waals surface area contributed by atoms with E-state index in [1.165, 1.54) is 6.92 Å². The van der Waals surface area contributed by atoms with E-state index in [2.05, 4.69) is 61.7 Å². The van der Waals surface area contributed by atoms with Gasteiger partial charge < -0.3 is 111 Å². The molecule has 5 rings (SSSR count). The quantitative estimate of drug-likeness (QED) is 0.0127. The van der Waals surface area contributed by atoms with Crippen LogP contribution in [0.5, 0.6) is 0 Å². The maximum atomic E-state index is 13.6. The van der Waals surface area contributed by atoms with Crippen LogP contribution in [0.2, 0.25) is 0 Å². The zero-order chi connectivity index (χ0) is 85.0. The summed E-state index contributed by atoms with van der Waals surface area (Å²) in [5.41, 5.74) is 21.8. The van der Waals surface area contributed by atoms with Crippen LogP contribution in [0.3, 0.4) is 0 Å². The van der Waals surface area contributed by atoms with Crippen LogP contribution in [-0.4, -0.2) is 252 Å². The van der Waals surface area contributed by atoms with Gasteiger partial charge in [0, 0.05) is 95.6 Å². The van der Waals surface area contributed by atoms with E-state index in [0.717, 1.165) is 33.5 Å². The molecule has 117 heavy (non-hydrogen) atoms. The first-order valence-corrected chi connectivity index (χ1v) is 41.5. The first-order valence-electron chi connectivity index (χ1n) is 39.9. The van der Waals surface area contributed by atoms with Gasteiger partial charge in [-0.15, -0.1) is 0 Å². The van der Waals surface area contributed by atoms with Crippen molar-refractivity contribution in [3.63, 3.8) is 0 Å². The number of para-hydroxylation sites is 1. The van der Waals surface area contributed by atoms with E-state index in [4.69, 9.17) is 69.2 Å². The molecule has 0 saturated carbocycles. The molecular formula is C80H123N13O23S. The summed E-state index contributed by atoms with van der Waals surface area (Å²) in [7, 11) is -4.17. The number of benzene rings is 3. The molecule has 0 bridgehead atoms. The molecule has 10 amide bonds. The summed E-state index contributed by atoms with van der Waals surface area (Å²) in [6, 6.07) is 19.6. The number of urea groups is 1. The molecule has 1 heterocycles. The van der Waals surface area contributed by atoms with E-state index in [9.17, 15) is 56.4 Å². The van der Waals surface area contributed by atoms with Gasteiger partial charge in [-0.25, -0.2) is 4.79 Å². The Bertz CT molecular complexity index is 3740. The molecule has 36 nitrogen and oxygen atoms in total. The van der Waals surface area contributed by atoms with Crippen LogP contribution in [-0.2, 0) is 114 Å². The lowest BCUT2D eigenvalue weighted by Gasteiger charge is -2.35. The topological polar surface area (TPSA) is 498 Å². The molecule has 3 aromatic carbocycles. The summed E-state index contributed by atoms with van der Waals surface area (Å²) < 4.78 is 86.5. The molecule has 2 aliphatic rings. The molecule has 0 fully saturated rings. The summed E-state index contributed by atoms with van der Waals surface area (Å²) in [6.45, 7) is 11.4. The number of esters is 1. The molecule has 0 aromatic heterocycles. The van der Waals surface area contributed by atoms with Gasteiger partial charge in [-0.1, -0.05) is 68.4 Å². The highest BCUT2D eigenvalue weighted by atomic mass is 32.2. The second-order valence-electron chi connectivity index (χ2n) is 28.1. The molecule has 1 aliphatic heterocycles. The van der Waals surface area contributed by atoms with E-state index in [1.54, 1.807) is 47.9 Å². The highest BCUT2D eigenvalue weighted by Gasteiger charge is 2.32. The van der Waals surface area contributed by atoms with Gasteiger partial charge in [0.15, 0.2) is 0 Å². The molecule has 37 heteroatoms. The highest BCUT2D eigenvalue weighted by molar-refractivity contribution is 7.85. The molecule has 3 aromatic rings. The molecule has 0 radical (unpaired) electrons. The van der Waals surface area contributed by atoms with Crippen LogP contribution < -0.4 is 64.9 Å². The SMILES string of the molecule is CC(=O)OCc1ccc(NC(=O)CCCCN(C(N)=O)C2CCCC(OCC(=O)NCCCCC(NC(=O)CCOCCOCCOCCOCCNC(=O)CCC(=O)N3Cc4ccccc4C(C)=Cc4ccccc43)C(=O)NC(C(N)=O)C(C)C)C(NN)=C(NCCOCCOCCOCCOCCC(=O)NCCS(=O)(=O)O)C2)cc1. The summed E-state index contributed by atoms with van der Waals surface area (Å²) in [6.07, 6.45) is 5.02. The minimum Gasteiger partial charge on any atom is -0.461 e. The van der Waals surface area contributed by atoms with Crippen molar-refractivity contribution < 1.29 is 108 Å². The van der Waals surface area contributed by atoms with Gasteiger partial charge in [-0.05, 0) is 116 Å². The standard InChI is InChI=1S/C80H123N13O23S/c1-57(2)76(78(81)101)90-79(102)66(89-73(98)29-36-108-40-44-112-48-50-114-46-42-110-38-32-86-70(95)26-27-75(100)93-54-62-15-5-7-17-65(62)58(3)52-61-14-6-8-19-68(61)93)18-9-11-30-85-74(99)56-116-69-20-13-16-64(92(80(82)103)34-12-10-21-72(97)88-63-24-22-60(23-25-63)55-115-59(4)94)53-67(77(69)91-83)84-31-37-109-41-45-113-49-47-111-43-39-107-35-28-71(96)87-33-51-117(104,105)106/h5-8,14-15,17,19,22-25,52,57,64,66,69,76,84,91H,9-13,16,18,20-21,26-51,53-56,83H2,1-4H3,(H2,81,101)(H2,82,103)(H,85,99)(H,86,95)(H,87,96)(H,88,97)(H,89,98)(H,90,102)(H,104,105,106). The van der Waals surface area contributed by atoms with E-state index < -0.39 is 81.6 Å². The summed E-state index contributed by atoms with van der Waals surface area (Å²) in [4.78, 5) is 131. The number of unbranched alkanes of at least 4 members (excludes halogenated alkanes) is 2. The molecule has 652 valence electrons. The summed E-state index contributed by atoms with van der Waals surface area (Å²) in [5.74, 6) is 1.64. The molecule has 4 unspecified atom stereocenters. The van der Waals surface area contributed by atoms with Crippen LogP contribution in [0.25, 0.3) is 11.6 Å². The molecular weight excluding hydrogens is 1540 g/mol. The van der Waals surface area contributed by atoms with Crippen molar-refractivity contribution in [3.05, 3.63) is 106 Å². The van der Waals surface area contributed by atoms with Crippen molar-refractivity contribution in [2.45, 2.75) is 155 Å². The van der Waals surface area contributed by atoms with E-state index in [0.29, 0.717) is 75.2 Å². The Morgan fingerprint density at radius 3 is 1.80 bits per heavy atom. The smallest absolute Gasteiger partial charge is 0.315 e. The number of fused-ring (bicyclic) bond motifs is 2. The van der Waals surface area contributed by atoms with E-state index >= 15 is 0 Å². The van der Waals surface area contributed by atoms with Crippen molar-refractivity contribution in [1.82, 2.24) is 42.2 Å². The number of ether oxygens (including phenoxy) is 10. The van der Waals surface area contributed by atoms with E-state index in [-0.39, 0.29) is 214 Å². The average molecular weight is 1670 g/mol. The summed E-state index contributed by atoms with van der Waals surface area (Å²) in [5, 5.41) is 19.7. The Kier molecular flexibility index (Phi) is 47.9. The number of carbonyl (C=O) groups excluding carboxylic acids is 10. The number of carbonyl (C=O) groups is 10. The third kappa shape index (κ3) is 41.6. The van der Waals surface area contributed by atoms with Gasteiger partial charge in [-0.2, -0.15) is 8.42 Å². The normalized spacial score (nSPS) is 14.7. The summed E-state index contributed by atoms with van der Waals surface area (Å²) >= 11 is 0. The fourth-order valence-corrected chi connectivity index (χ4v) is 12.8. The highest BCUT2D eigenvalue weighted by Crippen LogP contribution is 2.33. The van der Waals surface area contributed by atoms with Crippen LogP contribution >= 0.6 is 0 Å². The van der Waals surface area contributed by atoms with Crippen molar-refractivity contribution in [2.75, 3.05) is 161 Å². The molecule has 15 N–H and O–H groups in total. The number of primary amides is 2. The van der Waals surface area contributed by atoms with Crippen LogP contribution in [0.15, 0.2) is 84.2 Å². The lowest BCUT2D eigenvalue weighted by atomic mass is 9.94. The van der Waals surface area contributed by atoms with Gasteiger partial charge in [0.05, 0.1) is 129 Å². The predicted octanol–water partition coefficient (Wildman–Crippen LogP) is 3.15. The van der Waals surface area contributed by atoms with Crippen molar-refractivity contribution >= 4 is 92.4 Å². The number of allylic oxidation sites excluding steroid dienone is 1. The zero-order valence-corrected chi connectivity index (χ0v) is 68.7. The number of nitrogens with one attached hydrogen (secondary N) is 8. The number of nitrogens with zero attached hydrogens (tertiary/aromatic N) is 2. The number of rotatable bonds is 60. The number of anilines is 2. The number of nitrogens with two attached hydrogens (primary N) is 3. The maximum Gasteiger partial charge on any atom is 0.315 e. The average Bonchev–Trinajstić information content (AvgIpc) is 0.792. The van der Waals surface area contributed by atoms with Gasteiger partial charge in [0.25, 0.3) is 10.1 Å². The fourth-order valence-electron chi connectivity index (χ4n) is 12.5. The first-order chi connectivity index (χ1) is 56.3. The molecule has 1 aliphatic carbocycles. The Hall–Kier alpha value is -9.25. The first kappa shape index (κ1) is 98.3. The number of amides is 10. The zero-order valence-electron chi connectivity index (χ0n) is 67.9. The van der Waals surface area contributed by atoms with Crippen molar-refractivity contribution in [2.24, 2.45) is 23.2 Å². The Balaban J connectivity index is 1.00. The third-order valence-electron chi connectivity index (χ3n) is 18.5. The Labute approximate surface area is 685 Å². The Morgan fingerprint density at radius 2 is 1.19 bits per heavy atom. The second-order valence-corrected chi connectivity index (χ2v) is 29.6. The largest absolute Gasteiger partial charge is 0.461 e. The lowest BCUT2D eigenvalue weighted by Crippen LogP contribution is -2.54. The molecule has 0 saturated heterocycles. The van der Waals surface area contributed by atoms with Crippen LogP contribution in [0.4, 0.5) is 16.2 Å². The maximum absolute atomic E-state index is 13.6. The van der Waals surface area contributed by atoms with Crippen LogP contribution in [0, 0.1) is 5.92 Å². The lowest BCUT2D eigenvalue weighted by molar-refractivity contribution is -0.142. The number of hydrazine groups is 1. The third-order valence-corrected chi connectivity index (χ3v) is 19.3.